The van der Waals surface area contributed by atoms with E-state index < -0.39 is 0 Å². The number of aromatic nitrogens is 3. The summed E-state index contributed by atoms with van der Waals surface area (Å²) in [5, 5.41) is 15.2. The number of carbonyl (C=O) groups excluding carboxylic acids is 1. The molecule has 8 nitrogen and oxygen atoms in total. The smallest absolute Gasteiger partial charge is 0.233 e. The highest BCUT2D eigenvalue weighted by atomic mass is 32.1. The normalized spacial score (nSPS) is 15.2. The zero-order chi connectivity index (χ0) is 25.0. The molecular weight excluding hydrogens is 486 g/mol. The molecule has 0 aliphatic carbocycles. The molecule has 2 N–H and O–H groups in total. The van der Waals surface area contributed by atoms with Crippen molar-refractivity contribution in [2.75, 3.05) is 18.4 Å². The first-order chi connectivity index (χ1) is 18.2. The molecule has 0 saturated carbocycles. The number of benzene rings is 3. The monoisotopic (exact) mass is 511 g/mol. The van der Waals surface area contributed by atoms with Crippen LogP contribution in [-0.4, -0.2) is 40.3 Å². The first-order valence-electron chi connectivity index (χ1n) is 12.2. The molecule has 1 amide bonds. The molecule has 3 aromatic carbocycles. The van der Waals surface area contributed by atoms with E-state index in [1.807, 2.05) is 48.5 Å². The molecule has 9 heteroatoms. The van der Waals surface area contributed by atoms with Crippen LogP contribution in [0.5, 0.6) is 5.75 Å². The van der Waals surface area contributed by atoms with Crippen molar-refractivity contribution >= 4 is 33.1 Å². The van der Waals surface area contributed by atoms with E-state index in [-0.39, 0.29) is 24.3 Å². The number of thiazole rings is 1. The van der Waals surface area contributed by atoms with E-state index >= 15 is 0 Å². The molecule has 37 heavy (non-hydrogen) atoms. The Labute approximate surface area is 217 Å². The first kappa shape index (κ1) is 23.3. The Balaban J connectivity index is 1.05. The third-order valence-corrected chi connectivity index (χ3v) is 7.14. The van der Waals surface area contributed by atoms with Gasteiger partial charge in [-0.2, -0.15) is 0 Å². The lowest BCUT2D eigenvalue weighted by Gasteiger charge is -2.12. The number of ether oxygens (including phenoxy) is 1. The van der Waals surface area contributed by atoms with Crippen LogP contribution in [0.15, 0.2) is 77.2 Å². The minimum Gasteiger partial charge on any atom is -0.489 e. The number of nitrogens with zero attached hydrogens (tertiary/aromatic N) is 3. The van der Waals surface area contributed by atoms with E-state index in [1.165, 1.54) is 5.56 Å². The maximum absolute atomic E-state index is 12.5. The molecule has 1 fully saturated rings. The molecule has 1 aliphatic rings. The number of anilines is 1. The lowest BCUT2D eigenvalue weighted by atomic mass is 10.1. The van der Waals surface area contributed by atoms with Gasteiger partial charge in [-0.25, -0.2) is 4.98 Å². The van der Waals surface area contributed by atoms with Crippen LogP contribution < -0.4 is 15.4 Å². The van der Waals surface area contributed by atoms with Crippen molar-refractivity contribution < 1.29 is 13.9 Å². The molecular formula is C28H25N5O3S. The van der Waals surface area contributed by atoms with Crippen LogP contribution in [-0.2, 0) is 17.6 Å². The van der Waals surface area contributed by atoms with Gasteiger partial charge >= 0.3 is 0 Å². The number of amides is 1. The van der Waals surface area contributed by atoms with Crippen molar-refractivity contribution in [1.82, 2.24) is 20.5 Å². The van der Waals surface area contributed by atoms with Crippen molar-refractivity contribution in [3.8, 4) is 16.9 Å². The number of hydrogen-bond donors (Lipinski definition) is 2. The average Bonchev–Trinajstić information content (AvgIpc) is 3.67. The van der Waals surface area contributed by atoms with Gasteiger partial charge in [0.1, 0.15) is 23.3 Å². The van der Waals surface area contributed by atoms with Crippen LogP contribution in [0.3, 0.4) is 0 Å². The quantitative estimate of drug-likeness (QED) is 0.307. The topological polar surface area (TPSA) is 102 Å². The Morgan fingerprint density at radius 2 is 1.86 bits per heavy atom. The van der Waals surface area contributed by atoms with Crippen LogP contribution in [0, 0.1) is 0 Å². The third kappa shape index (κ3) is 5.68. The predicted octanol–water partition coefficient (Wildman–Crippen LogP) is 4.86. The van der Waals surface area contributed by atoms with E-state index in [0.717, 1.165) is 46.0 Å². The zero-order valence-electron chi connectivity index (χ0n) is 20.0. The van der Waals surface area contributed by atoms with Crippen molar-refractivity contribution in [1.29, 1.82) is 0 Å². The molecule has 6 rings (SSSR count). The molecule has 1 saturated heterocycles. The van der Waals surface area contributed by atoms with E-state index in [9.17, 15) is 4.79 Å². The standard InChI is InChI=1S/C28H25N5O3S/c34-25(30-20-7-9-21(10-8-20)35-22-12-13-29-17-22)15-26-32-33-27(36-26)16-28-31-23-11-6-19(14-24(23)37-28)18-4-2-1-3-5-18/h1-11,14,22,29H,12-13,15-17H2,(H,30,34). The lowest BCUT2D eigenvalue weighted by molar-refractivity contribution is -0.115. The number of rotatable bonds is 8. The fourth-order valence-electron chi connectivity index (χ4n) is 4.30. The summed E-state index contributed by atoms with van der Waals surface area (Å²) < 4.78 is 12.8. The molecule has 0 bridgehead atoms. The Morgan fingerprint density at radius 1 is 1.03 bits per heavy atom. The van der Waals surface area contributed by atoms with E-state index in [1.54, 1.807) is 11.3 Å². The highest BCUT2D eigenvalue weighted by Gasteiger charge is 2.17. The second kappa shape index (κ2) is 10.5. The van der Waals surface area contributed by atoms with Gasteiger partial charge in [0.2, 0.25) is 17.7 Å². The largest absolute Gasteiger partial charge is 0.489 e. The predicted molar refractivity (Wildman–Crippen MR) is 143 cm³/mol. The SMILES string of the molecule is O=C(Cc1nnc(Cc2nc3ccc(-c4ccccc4)cc3s2)o1)Nc1ccc(OC2CCNC2)cc1. The van der Waals surface area contributed by atoms with Gasteiger partial charge in [0, 0.05) is 12.2 Å². The molecule has 0 radical (unpaired) electrons. The van der Waals surface area contributed by atoms with Gasteiger partial charge in [-0.15, -0.1) is 21.5 Å². The van der Waals surface area contributed by atoms with Crippen LogP contribution in [0.2, 0.25) is 0 Å². The van der Waals surface area contributed by atoms with Gasteiger partial charge < -0.3 is 19.8 Å². The zero-order valence-corrected chi connectivity index (χ0v) is 20.8. The Kier molecular flexibility index (Phi) is 6.62. The van der Waals surface area contributed by atoms with E-state index in [2.05, 4.69) is 45.1 Å². The van der Waals surface area contributed by atoms with Gasteiger partial charge in [-0.05, 0) is 60.5 Å². The highest BCUT2D eigenvalue weighted by molar-refractivity contribution is 7.18. The second-order valence-corrected chi connectivity index (χ2v) is 10.0. The minimum absolute atomic E-state index is 0.000719. The molecule has 5 aromatic rings. The van der Waals surface area contributed by atoms with Crippen molar-refractivity contribution in [3.05, 3.63) is 89.6 Å². The fourth-order valence-corrected chi connectivity index (χ4v) is 5.30. The van der Waals surface area contributed by atoms with E-state index in [4.69, 9.17) is 14.1 Å². The van der Waals surface area contributed by atoms with E-state index in [0.29, 0.717) is 18.0 Å². The summed E-state index contributed by atoms with van der Waals surface area (Å²) in [6.45, 7) is 1.84. The summed E-state index contributed by atoms with van der Waals surface area (Å²) in [5.74, 6) is 1.28. The van der Waals surface area contributed by atoms with Gasteiger partial charge in [0.15, 0.2) is 0 Å². The lowest BCUT2D eigenvalue weighted by Crippen LogP contribution is -2.19. The van der Waals surface area contributed by atoms with Gasteiger partial charge in [0.05, 0.1) is 16.6 Å². The third-order valence-electron chi connectivity index (χ3n) is 6.12. The summed E-state index contributed by atoms with van der Waals surface area (Å²) >= 11 is 1.60. The maximum Gasteiger partial charge on any atom is 0.233 e. The number of carbonyl (C=O) groups is 1. The molecule has 3 heterocycles. The summed E-state index contributed by atoms with van der Waals surface area (Å²) in [5.41, 5.74) is 3.95. The number of fused-ring (bicyclic) bond motifs is 1. The molecule has 0 spiro atoms. The van der Waals surface area contributed by atoms with Crippen LogP contribution in [0.4, 0.5) is 5.69 Å². The minimum atomic E-state index is -0.225. The Morgan fingerprint density at radius 3 is 2.68 bits per heavy atom. The van der Waals surface area contributed by atoms with Crippen molar-refractivity contribution in [3.63, 3.8) is 0 Å². The Hall–Kier alpha value is -4.08. The maximum atomic E-state index is 12.5. The summed E-state index contributed by atoms with van der Waals surface area (Å²) in [7, 11) is 0. The number of hydrogen-bond acceptors (Lipinski definition) is 8. The van der Waals surface area contributed by atoms with Crippen molar-refractivity contribution in [2.45, 2.75) is 25.4 Å². The summed E-state index contributed by atoms with van der Waals surface area (Å²) in [4.78, 5) is 17.2. The fraction of sp³-hybridized carbons (Fsp3) is 0.214. The van der Waals surface area contributed by atoms with Crippen molar-refractivity contribution in [2.24, 2.45) is 0 Å². The van der Waals surface area contributed by atoms with Crippen LogP contribution in [0.1, 0.15) is 23.2 Å². The molecule has 1 unspecified atom stereocenters. The van der Waals surface area contributed by atoms with Gasteiger partial charge in [-0.1, -0.05) is 36.4 Å². The molecule has 1 atom stereocenters. The van der Waals surface area contributed by atoms with Crippen LogP contribution in [0.25, 0.3) is 21.3 Å². The first-order valence-corrected chi connectivity index (χ1v) is 13.0. The molecule has 1 aliphatic heterocycles. The molecule has 186 valence electrons. The van der Waals surface area contributed by atoms with Gasteiger partial charge in [-0.3, -0.25) is 4.79 Å². The summed E-state index contributed by atoms with van der Waals surface area (Å²) in [6, 6.07) is 23.9. The summed E-state index contributed by atoms with van der Waals surface area (Å²) in [6.07, 6.45) is 1.62. The highest BCUT2D eigenvalue weighted by Crippen LogP contribution is 2.29. The van der Waals surface area contributed by atoms with Gasteiger partial charge in [0.25, 0.3) is 0 Å². The molecule has 2 aromatic heterocycles. The second-order valence-electron chi connectivity index (χ2n) is 8.90. The average molecular weight is 512 g/mol. The van der Waals surface area contributed by atoms with Crippen LogP contribution >= 0.6 is 11.3 Å². The number of nitrogens with one attached hydrogen (secondary N) is 2. The Bertz CT molecular complexity index is 1510.